The van der Waals surface area contributed by atoms with E-state index >= 15 is 0 Å². The number of rotatable bonds is 4. The molecule has 0 unspecified atom stereocenters. The Labute approximate surface area is 138 Å². The fraction of sp³-hybridized carbons (Fsp3) is 0.353. The zero-order valence-corrected chi connectivity index (χ0v) is 13.4. The van der Waals surface area contributed by atoms with Gasteiger partial charge in [0.1, 0.15) is 23.8 Å². The van der Waals surface area contributed by atoms with Crippen LogP contribution in [0.3, 0.4) is 0 Å². The first kappa shape index (κ1) is 16.3. The van der Waals surface area contributed by atoms with E-state index in [1.807, 2.05) is 17.9 Å². The zero-order chi connectivity index (χ0) is 17.1. The first-order valence-corrected chi connectivity index (χ1v) is 7.84. The predicted octanol–water partition coefficient (Wildman–Crippen LogP) is 2.17. The van der Waals surface area contributed by atoms with E-state index in [0.29, 0.717) is 18.7 Å². The molecule has 1 saturated heterocycles. The molecule has 3 rings (SSSR count). The first-order valence-electron chi connectivity index (χ1n) is 7.84. The molecule has 0 saturated carbocycles. The van der Waals surface area contributed by atoms with Gasteiger partial charge in [-0.05, 0) is 12.5 Å². The Morgan fingerprint density at radius 2 is 2.00 bits per heavy atom. The number of hydrogen-bond acceptors (Lipinski definition) is 4. The highest BCUT2D eigenvalue weighted by Gasteiger charge is 2.25. The van der Waals surface area contributed by atoms with Gasteiger partial charge >= 0.3 is 0 Å². The van der Waals surface area contributed by atoms with Crippen molar-refractivity contribution >= 4 is 11.7 Å². The second kappa shape index (κ2) is 6.90. The van der Waals surface area contributed by atoms with Crippen LogP contribution in [0, 0.1) is 11.6 Å². The molecular weight excluding hydrogens is 314 g/mol. The van der Waals surface area contributed by atoms with Gasteiger partial charge in [0, 0.05) is 43.0 Å². The molecule has 0 N–H and O–H groups in total. The summed E-state index contributed by atoms with van der Waals surface area (Å²) in [6.45, 7) is 3.40. The van der Waals surface area contributed by atoms with Crippen molar-refractivity contribution in [3.05, 3.63) is 53.5 Å². The van der Waals surface area contributed by atoms with Crippen molar-refractivity contribution in [1.29, 1.82) is 0 Å². The van der Waals surface area contributed by atoms with Crippen molar-refractivity contribution in [2.75, 3.05) is 24.5 Å². The lowest BCUT2D eigenvalue weighted by molar-refractivity contribution is -0.131. The zero-order valence-electron chi connectivity index (χ0n) is 13.4. The number of carbonyl (C=O) groups is 1. The van der Waals surface area contributed by atoms with Crippen LogP contribution in [0.2, 0.25) is 0 Å². The maximum absolute atomic E-state index is 13.8. The molecular formula is C17H18F2N4O. The van der Waals surface area contributed by atoms with Crippen molar-refractivity contribution in [3.63, 3.8) is 0 Å². The summed E-state index contributed by atoms with van der Waals surface area (Å²) in [4.78, 5) is 24.2. The molecule has 0 atom stereocenters. The molecule has 1 aliphatic rings. The Morgan fingerprint density at radius 3 is 2.71 bits per heavy atom. The third-order valence-electron chi connectivity index (χ3n) is 4.09. The smallest absolute Gasteiger partial charge is 0.242 e. The van der Waals surface area contributed by atoms with E-state index in [4.69, 9.17) is 0 Å². The van der Waals surface area contributed by atoms with Gasteiger partial charge in [0.25, 0.3) is 0 Å². The molecule has 5 nitrogen and oxygen atoms in total. The van der Waals surface area contributed by atoms with Gasteiger partial charge in [-0.1, -0.05) is 13.0 Å². The Morgan fingerprint density at radius 1 is 1.17 bits per heavy atom. The van der Waals surface area contributed by atoms with Crippen molar-refractivity contribution in [1.82, 2.24) is 14.9 Å². The quantitative estimate of drug-likeness (QED) is 0.861. The average Bonchev–Trinajstić information content (AvgIpc) is 2.59. The minimum Gasteiger partial charge on any atom is -0.345 e. The number of carbonyl (C=O) groups excluding carboxylic acids is 1. The largest absolute Gasteiger partial charge is 0.345 e. The van der Waals surface area contributed by atoms with Crippen LogP contribution in [-0.2, 0) is 17.8 Å². The number of hydrogen-bond donors (Lipinski definition) is 0. The SMILES string of the molecule is CCc1cc(N2CCN(Cc3ccc(F)cc3F)C(=O)C2)ncn1. The fourth-order valence-electron chi connectivity index (χ4n) is 2.68. The molecule has 1 aliphatic heterocycles. The lowest BCUT2D eigenvalue weighted by Gasteiger charge is -2.35. The van der Waals surface area contributed by atoms with Crippen LogP contribution in [0.4, 0.5) is 14.6 Å². The minimum absolute atomic E-state index is 0.110. The summed E-state index contributed by atoms with van der Waals surface area (Å²) in [5.74, 6) is -0.638. The maximum Gasteiger partial charge on any atom is 0.242 e. The summed E-state index contributed by atoms with van der Waals surface area (Å²) in [7, 11) is 0. The van der Waals surface area contributed by atoms with Gasteiger partial charge in [-0.15, -0.1) is 0 Å². The predicted molar refractivity (Wildman–Crippen MR) is 85.4 cm³/mol. The summed E-state index contributed by atoms with van der Waals surface area (Å²) in [6.07, 6.45) is 2.30. The Hall–Kier alpha value is -2.57. The minimum atomic E-state index is -0.631. The molecule has 2 heterocycles. The number of benzene rings is 1. The highest BCUT2D eigenvalue weighted by molar-refractivity contribution is 5.82. The number of nitrogens with zero attached hydrogens (tertiary/aromatic N) is 4. The van der Waals surface area contributed by atoms with Crippen LogP contribution in [0.15, 0.2) is 30.6 Å². The Bertz CT molecular complexity index is 753. The molecule has 0 radical (unpaired) electrons. The van der Waals surface area contributed by atoms with E-state index in [0.717, 1.165) is 24.0 Å². The van der Waals surface area contributed by atoms with Crippen LogP contribution in [-0.4, -0.2) is 40.4 Å². The lowest BCUT2D eigenvalue weighted by Crippen LogP contribution is -2.50. The van der Waals surface area contributed by atoms with E-state index in [2.05, 4.69) is 9.97 Å². The summed E-state index contributed by atoms with van der Waals surface area (Å²) < 4.78 is 26.7. The summed E-state index contributed by atoms with van der Waals surface area (Å²) in [5, 5.41) is 0. The molecule has 2 aromatic rings. The Balaban J connectivity index is 1.68. The lowest BCUT2D eigenvalue weighted by atomic mass is 10.1. The fourth-order valence-corrected chi connectivity index (χ4v) is 2.68. The third kappa shape index (κ3) is 3.50. The van der Waals surface area contributed by atoms with Crippen molar-refractivity contribution < 1.29 is 13.6 Å². The highest BCUT2D eigenvalue weighted by atomic mass is 19.1. The second-order valence-electron chi connectivity index (χ2n) is 5.69. The van der Waals surface area contributed by atoms with Crippen LogP contribution < -0.4 is 4.90 Å². The van der Waals surface area contributed by atoms with Crippen LogP contribution in [0.1, 0.15) is 18.2 Å². The molecule has 1 amide bonds. The van der Waals surface area contributed by atoms with Crippen LogP contribution in [0.25, 0.3) is 0 Å². The number of anilines is 1. The first-order chi connectivity index (χ1) is 11.6. The molecule has 1 aromatic carbocycles. The standard InChI is InChI=1S/C17H18F2N4O/c1-2-14-8-16(21-11-20-14)22-5-6-23(17(24)10-22)9-12-3-4-13(18)7-15(12)19/h3-4,7-8,11H,2,5-6,9-10H2,1H3. The summed E-state index contributed by atoms with van der Waals surface area (Å²) in [6, 6.07) is 5.29. The highest BCUT2D eigenvalue weighted by Crippen LogP contribution is 2.18. The number of halogens is 2. The van der Waals surface area contributed by atoms with Gasteiger partial charge in [-0.25, -0.2) is 18.7 Å². The van der Waals surface area contributed by atoms with E-state index in [1.165, 1.54) is 18.5 Å². The average molecular weight is 332 g/mol. The number of aryl methyl sites for hydroxylation is 1. The van der Waals surface area contributed by atoms with Crippen LogP contribution in [0.5, 0.6) is 0 Å². The number of piperazine rings is 1. The van der Waals surface area contributed by atoms with Gasteiger partial charge in [0.05, 0.1) is 6.54 Å². The molecule has 1 aromatic heterocycles. The van der Waals surface area contributed by atoms with Crippen molar-refractivity contribution in [3.8, 4) is 0 Å². The van der Waals surface area contributed by atoms with E-state index < -0.39 is 11.6 Å². The van der Waals surface area contributed by atoms with Gasteiger partial charge in [0.2, 0.25) is 5.91 Å². The summed E-state index contributed by atoms with van der Waals surface area (Å²) in [5.41, 5.74) is 1.23. The van der Waals surface area contributed by atoms with E-state index in [9.17, 15) is 13.6 Å². The molecule has 1 fully saturated rings. The topological polar surface area (TPSA) is 49.3 Å². The third-order valence-corrected chi connectivity index (χ3v) is 4.09. The van der Waals surface area contributed by atoms with E-state index in [1.54, 1.807) is 4.90 Å². The van der Waals surface area contributed by atoms with E-state index in [-0.39, 0.29) is 19.0 Å². The Kier molecular flexibility index (Phi) is 4.69. The monoisotopic (exact) mass is 332 g/mol. The summed E-state index contributed by atoms with van der Waals surface area (Å²) >= 11 is 0. The molecule has 126 valence electrons. The van der Waals surface area contributed by atoms with Crippen LogP contribution >= 0.6 is 0 Å². The molecule has 24 heavy (non-hydrogen) atoms. The molecule has 0 bridgehead atoms. The van der Waals surface area contributed by atoms with Crippen molar-refractivity contribution in [2.24, 2.45) is 0 Å². The van der Waals surface area contributed by atoms with Gasteiger partial charge in [-0.2, -0.15) is 0 Å². The van der Waals surface area contributed by atoms with Gasteiger partial charge in [-0.3, -0.25) is 4.79 Å². The van der Waals surface area contributed by atoms with Gasteiger partial charge in [0.15, 0.2) is 0 Å². The molecule has 0 aliphatic carbocycles. The maximum atomic E-state index is 13.8. The number of amides is 1. The second-order valence-corrected chi connectivity index (χ2v) is 5.69. The molecule has 7 heteroatoms. The normalized spacial score (nSPS) is 15.0. The van der Waals surface area contributed by atoms with Gasteiger partial charge < -0.3 is 9.80 Å². The molecule has 0 spiro atoms. The van der Waals surface area contributed by atoms with Crippen molar-refractivity contribution in [2.45, 2.75) is 19.9 Å². The number of aromatic nitrogens is 2.